The van der Waals surface area contributed by atoms with E-state index in [9.17, 15) is 14.4 Å². The van der Waals surface area contributed by atoms with E-state index in [1.807, 2.05) is 18.2 Å². The Morgan fingerprint density at radius 2 is 1.56 bits per heavy atom. The lowest BCUT2D eigenvalue weighted by atomic mass is 9.97. The molecule has 4 rings (SSSR count). The number of halogens is 1. The quantitative estimate of drug-likeness (QED) is 0.788. The minimum atomic E-state index is -0.722. The summed E-state index contributed by atoms with van der Waals surface area (Å²) in [5, 5.41) is 1.15. The molecule has 25 heavy (non-hydrogen) atoms. The van der Waals surface area contributed by atoms with Crippen molar-refractivity contribution in [3.63, 3.8) is 0 Å². The number of carbonyl (C=O) groups is 3. The van der Waals surface area contributed by atoms with Gasteiger partial charge in [-0.3, -0.25) is 9.59 Å². The van der Waals surface area contributed by atoms with Gasteiger partial charge in [-0.15, -0.1) is 0 Å². The van der Waals surface area contributed by atoms with Crippen LogP contribution in [0.5, 0.6) is 0 Å². The van der Waals surface area contributed by atoms with E-state index in [1.165, 1.54) is 0 Å². The first-order chi connectivity index (χ1) is 12.0. The van der Waals surface area contributed by atoms with Crippen LogP contribution in [0.2, 0.25) is 5.02 Å². The number of imide groups is 1. The van der Waals surface area contributed by atoms with Crippen LogP contribution in [0, 0.1) is 5.41 Å². The van der Waals surface area contributed by atoms with Gasteiger partial charge in [0.1, 0.15) is 0 Å². The average Bonchev–Trinajstić information content (AvgIpc) is 3.37. The Morgan fingerprint density at radius 1 is 1.00 bits per heavy atom. The fraction of sp³-hybridized carbons (Fsp3) is 0.211. The second-order valence-electron chi connectivity index (χ2n) is 6.38. The predicted molar refractivity (Wildman–Crippen MR) is 89.9 cm³/mol. The van der Waals surface area contributed by atoms with E-state index in [0.717, 1.165) is 5.56 Å². The molecule has 5 nitrogen and oxygen atoms in total. The maximum absolute atomic E-state index is 12.6. The fourth-order valence-corrected chi connectivity index (χ4v) is 3.24. The summed E-state index contributed by atoms with van der Waals surface area (Å²) in [6.45, 7) is 0. The molecule has 2 aliphatic rings. The summed E-state index contributed by atoms with van der Waals surface area (Å²) in [7, 11) is 0. The molecule has 0 unspecified atom stereocenters. The molecule has 1 fully saturated rings. The summed E-state index contributed by atoms with van der Waals surface area (Å²) in [5.41, 5.74) is 0.619. The number of hydrogen-bond acceptors (Lipinski definition) is 4. The minimum absolute atomic E-state index is 0.247. The van der Waals surface area contributed by atoms with Crippen molar-refractivity contribution in [1.29, 1.82) is 0 Å². The van der Waals surface area contributed by atoms with Crippen molar-refractivity contribution in [1.82, 2.24) is 5.06 Å². The van der Waals surface area contributed by atoms with Crippen LogP contribution in [0.3, 0.4) is 0 Å². The Labute approximate surface area is 149 Å². The second-order valence-corrected chi connectivity index (χ2v) is 6.78. The Kier molecular flexibility index (Phi) is 3.62. The first kappa shape index (κ1) is 15.8. The number of amides is 2. The normalized spacial score (nSPS) is 17.4. The van der Waals surface area contributed by atoms with Gasteiger partial charge in [0.15, 0.2) is 0 Å². The van der Waals surface area contributed by atoms with Crippen molar-refractivity contribution >= 4 is 29.4 Å². The Balaban J connectivity index is 1.52. The largest absolute Gasteiger partial charge is 0.339 e. The molecule has 0 bridgehead atoms. The highest BCUT2D eigenvalue weighted by Gasteiger charge is 2.53. The van der Waals surface area contributed by atoms with Crippen LogP contribution < -0.4 is 0 Å². The number of hydroxylamine groups is 2. The lowest BCUT2D eigenvalue weighted by Crippen LogP contribution is -2.36. The zero-order valence-electron chi connectivity index (χ0n) is 13.2. The van der Waals surface area contributed by atoms with Crippen molar-refractivity contribution in [3.8, 4) is 0 Å². The summed E-state index contributed by atoms with van der Waals surface area (Å²) in [4.78, 5) is 42.5. The maximum Gasteiger partial charge on any atom is 0.339 e. The number of fused-ring (bicyclic) bond motifs is 1. The van der Waals surface area contributed by atoms with Gasteiger partial charge in [-0.05, 0) is 43.0 Å². The number of rotatable bonds is 4. The van der Waals surface area contributed by atoms with Gasteiger partial charge in [0.2, 0.25) is 0 Å². The standard InChI is InChI=1S/C19H14ClNO4/c20-15-8-4-1-5-12(15)11-19(9-10-19)18(24)25-21-16(22)13-6-2-3-7-14(13)17(21)23/h1-8H,9-11H2. The van der Waals surface area contributed by atoms with Crippen molar-refractivity contribution in [3.05, 3.63) is 70.2 Å². The van der Waals surface area contributed by atoms with E-state index in [4.69, 9.17) is 16.4 Å². The summed E-state index contributed by atoms with van der Waals surface area (Å²) in [6.07, 6.45) is 1.70. The summed E-state index contributed by atoms with van der Waals surface area (Å²) >= 11 is 6.17. The number of nitrogens with zero attached hydrogens (tertiary/aromatic N) is 1. The summed E-state index contributed by atoms with van der Waals surface area (Å²) in [6, 6.07) is 13.7. The van der Waals surface area contributed by atoms with Gasteiger partial charge in [0, 0.05) is 5.02 Å². The summed E-state index contributed by atoms with van der Waals surface area (Å²) in [5.74, 6) is -1.79. The Hall–Kier alpha value is -2.66. The molecule has 0 spiro atoms. The molecule has 0 radical (unpaired) electrons. The minimum Gasteiger partial charge on any atom is -0.329 e. The highest BCUT2D eigenvalue weighted by molar-refractivity contribution is 6.31. The third-order valence-corrected chi connectivity index (χ3v) is 5.07. The van der Waals surface area contributed by atoms with Crippen molar-refractivity contribution in [2.24, 2.45) is 5.41 Å². The maximum atomic E-state index is 12.6. The van der Waals surface area contributed by atoms with Gasteiger partial charge in [-0.1, -0.05) is 47.0 Å². The van der Waals surface area contributed by atoms with Gasteiger partial charge in [0.25, 0.3) is 11.8 Å². The first-order valence-corrected chi connectivity index (χ1v) is 8.33. The first-order valence-electron chi connectivity index (χ1n) is 7.95. The molecule has 6 heteroatoms. The van der Waals surface area contributed by atoms with E-state index in [-0.39, 0.29) is 11.1 Å². The molecule has 0 N–H and O–H groups in total. The Bertz CT molecular complexity index is 869. The number of hydrogen-bond donors (Lipinski definition) is 0. The van der Waals surface area contributed by atoms with Crippen LogP contribution in [-0.2, 0) is 16.1 Å². The van der Waals surface area contributed by atoms with Gasteiger partial charge in [0.05, 0.1) is 16.5 Å². The molecular weight excluding hydrogens is 342 g/mol. The third-order valence-electron chi connectivity index (χ3n) is 4.70. The molecule has 1 aliphatic heterocycles. The lowest BCUT2D eigenvalue weighted by molar-refractivity contribution is -0.175. The van der Waals surface area contributed by atoms with Crippen LogP contribution >= 0.6 is 11.6 Å². The molecule has 2 aromatic carbocycles. The zero-order valence-corrected chi connectivity index (χ0v) is 14.0. The van der Waals surface area contributed by atoms with Crippen molar-refractivity contribution in [2.45, 2.75) is 19.3 Å². The van der Waals surface area contributed by atoms with Crippen LogP contribution in [0.1, 0.15) is 39.1 Å². The predicted octanol–water partition coefficient (Wildman–Crippen LogP) is 3.42. The molecule has 0 atom stereocenters. The van der Waals surface area contributed by atoms with Crippen LogP contribution in [0.4, 0.5) is 0 Å². The van der Waals surface area contributed by atoms with Crippen LogP contribution in [0.15, 0.2) is 48.5 Å². The Morgan fingerprint density at radius 3 is 2.12 bits per heavy atom. The zero-order chi connectivity index (χ0) is 17.6. The lowest BCUT2D eigenvalue weighted by Gasteiger charge is -2.18. The molecule has 126 valence electrons. The molecule has 2 amide bonds. The molecule has 1 heterocycles. The highest BCUT2D eigenvalue weighted by atomic mass is 35.5. The number of benzene rings is 2. The van der Waals surface area contributed by atoms with E-state index >= 15 is 0 Å². The van der Waals surface area contributed by atoms with Gasteiger partial charge < -0.3 is 4.84 Å². The smallest absolute Gasteiger partial charge is 0.329 e. The average molecular weight is 356 g/mol. The summed E-state index contributed by atoms with van der Waals surface area (Å²) < 4.78 is 0. The highest BCUT2D eigenvalue weighted by Crippen LogP contribution is 2.50. The van der Waals surface area contributed by atoms with E-state index in [0.29, 0.717) is 29.3 Å². The molecule has 0 aromatic heterocycles. The van der Waals surface area contributed by atoms with Gasteiger partial charge in [-0.2, -0.15) is 0 Å². The molecule has 1 saturated carbocycles. The monoisotopic (exact) mass is 355 g/mol. The SMILES string of the molecule is O=C1c2ccccc2C(=O)N1OC(=O)C1(Cc2ccccc2Cl)CC1. The van der Waals surface area contributed by atoms with E-state index in [1.54, 1.807) is 30.3 Å². The van der Waals surface area contributed by atoms with Crippen LogP contribution in [-0.4, -0.2) is 22.8 Å². The molecular formula is C19H14ClNO4. The van der Waals surface area contributed by atoms with Crippen molar-refractivity contribution < 1.29 is 19.2 Å². The molecule has 1 aliphatic carbocycles. The van der Waals surface area contributed by atoms with E-state index < -0.39 is 23.2 Å². The van der Waals surface area contributed by atoms with Gasteiger partial charge >= 0.3 is 5.97 Å². The number of carbonyl (C=O) groups excluding carboxylic acids is 3. The molecule has 0 saturated heterocycles. The second kappa shape index (κ2) is 5.70. The van der Waals surface area contributed by atoms with E-state index in [2.05, 4.69) is 0 Å². The fourth-order valence-electron chi connectivity index (χ4n) is 3.04. The molecule has 2 aromatic rings. The van der Waals surface area contributed by atoms with Crippen molar-refractivity contribution in [2.75, 3.05) is 0 Å². The topological polar surface area (TPSA) is 63.7 Å². The van der Waals surface area contributed by atoms with Gasteiger partial charge in [-0.25, -0.2) is 4.79 Å². The third kappa shape index (κ3) is 2.61. The van der Waals surface area contributed by atoms with Crippen LogP contribution in [0.25, 0.3) is 0 Å².